The van der Waals surface area contributed by atoms with Crippen molar-refractivity contribution in [1.82, 2.24) is 19.5 Å². The zero-order chi connectivity index (χ0) is 21.3. The number of halogens is 4. The first kappa shape index (κ1) is 20.1. The molecule has 3 aromatic rings. The number of rotatable bonds is 6. The number of hydrogen-bond acceptors (Lipinski definition) is 5. The Bertz CT molecular complexity index is 1110. The highest BCUT2D eigenvalue weighted by Gasteiger charge is 2.33. The van der Waals surface area contributed by atoms with E-state index in [1.165, 1.54) is 31.7 Å². The second-order valence-electron chi connectivity index (χ2n) is 7.38. The monoisotopic (exact) mass is 418 g/mol. The van der Waals surface area contributed by atoms with Crippen molar-refractivity contribution in [3.63, 3.8) is 0 Å². The van der Waals surface area contributed by atoms with Gasteiger partial charge in [0.25, 0.3) is 0 Å². The van der Waals surface area contributed by atoms with E-state index in [2.05, 4.69) is 20.3 Å². The minimum Gasteiger partial charge on any atom is -0.368 e. The van der Waals surface area contributed by atoms with Gasteiger partial charge in [0, 0.05) is 13.1 Å². The standard InChI is InChI=1S/C20H18F4N6/c21-15-8-13(4-5-14(15)20(22,23)24)10-30-11-27-19-17(30)18(28-16(9-25)29-19)26-7-6-12-2-1-3-12/h4-5,8,11-12H,1-3,6-7,10H2,(H,26,28,29). The van der Waals surface area contributed by atoms with Crippen molar-refractivity contribution in [2.45, 2.75) is 38.4 Å². The van der Waals surface area contributed by atoms with Crippen LogP contribution in [-0.4, -0.2) is 26.1 Å². The van der Waals surface area contributed by atoms with Gasteiger partial charge in [0.1, 0.15) is 17.4 Å². The maximum absolute atomic E-state index is 13.9. The molecule has 0 atom stereocenters. The Labute approximate surface area is 169 Å². The molecule has 10 heteroatoms. The highest BCUT2D eigenvalue weighted by atomic mass is 19.4. The largest absolute Gasteiger partial charge is 0.419 e. The van der Waals surface area contributed by atoms with E-state index in [4.69, 9.17) is 0 Å². The Balaban J connectivity index is 1.62. The second kappa shape index (κ2) is 7.89. The van der Waals surface area contributed by atoms with E-state index in [9.17, 15) is 22.8 Å². The molecular weight excluding hydrogens is 400 g/mol. The lowest BCUT2D eigenvalue weighted by Gasteiger charge is -2.25. The van der Waals surface area contributed by atoms with E-state index in [1.807, 2.05) is 6.07 Å². The van der Waals surface area contributed by atoms with Crippen LogP contribution in [0.2, 0.25) is 0 Å². The summed E-state index contributed by atoms with van der Waals surface area (Å²) in [7, 11) is 0. The van der Waals surface area contributed by atoms with Crippen molar-refractivity contribution in [3.8, 4) is 6.07 Å². The molecule has 1 aliphatic rings. The predicted molar refractivity (Wildman–Crippen MR) is 101 cm³/mol. The van der Waals surface area contributed by atoms with Gasteiger partial charge in [0.15, 0.2) is 11.5 Å². The van der Waals surface area contributed by atoms with Crippen molar-refractivity contribution in [2.75, 3.05) is 11.9 Å². The molecule has 0 radical (unpaired) electrons. The predicted octanol–water partition coefficient (Wildman–Crippen LogP) is 4.51. The average Bonchev–Trinajstić information content (AvgIpc) is 3.05. The van der Waals surface area contributed by atoms with Gasteiger partial charge in [-0.25, -0.2) is 9.37 Å². The zero-order valence-electron chi connectivity index (χ0n) is 15.9. The third kappa shape index (κ3) is 4.06. The summed E-state index contributed by atoms with van der Waals surface area (Å²) in [6.07, 6.45) is 1.35. The van der Waals surface area contributed by atoms with Crippen LogP contribution in [0.4, 0.5) is 23.4 Å². The van der Waals surface area contributed by atoms with Gasteiger partial charge in [-0.15, -0.1) is 0 Å². The minimum absolute atomic E-state index is 0.0283. The van der Waals surface area contributed by atoms with Crippen LogP contribution in [0.25, 0.3) is 11.2 Å². The molecule has 0 bridgehead atoms. The molecule has 0 aliphatic heterocycles. The number of nitriles is 1. The number of imidazole rings is 1. The van der Waals surface area contributed by atoms with Gasteiger partial charge in [-0.3, -0.25) is 0 Å². The van der Waals surface area contributed by atoms with Crippen LogP contribution >= 0.6 is 0 Å². The molecule has 4 rings (SSSR count). The third-order valence-electron chi connectivity index (χ3n) is 5.33. The van der Waals surface area contributed by atoms with E-state index in [1.54, 1.807) is 4.57 Å². The van der Waals surface area contributed by atoms with Crippen LogP contribution in [0.3, 0.4) is 0 Å². The number of anilines is 1. The van der Waals surface area contributed by atoms with Gasteiger partial charge < -0.3 is 9.88 Å². The molecule has 1 aliphatic carbocycles. The summed E-state index contributed by atoms with van der Waals surface area (Å²) in [6, 6.07) is 4.72. The Hall–Kier alpha value is -3.22. The molecule has 1 N–H and O–H groups in total. The van der Waals surface area contributed by atoms with Crippen LogP contribution in [0.15, 0.2) is 24.5 Å². The SMILES string of the molecule is N#Cc1nc(NCCC2CCC2)c2c(ncn2Cc2ccc(C(F)(F)F)c(F)c2)n1. The summed E-state index contributed by atoms with van der Waals surface area (Å²) in [4.78, 5) is 12.5. The lowest BCUT2D eigenvalue weighted by molar-refractivity contribution is -0.140. The van der Waals surface area contributed by atoms with Gasteiger partial charge in [-0.05, 0) is 30.0 Å². The summed E-state index contributed by atoms with van der Waals surface area (Å²) < 4.78 is 53.9. The number of nitrogens with one attached hydrogen (secondary N) is 1. The molecule has 2 aromatic heterocycles. The van der Waals surface area contributed by atoms with E-state index >= 15 is 0 Å². The Morgan fingerprint density at radius 3 is 2.67 bits per heavy atom. The van der Waals surface area contributed by atoms with Crippen molar-refractivity contribution >= 4 is 17.0 Å². The van der Waals surface area contributed by atoms with Gasteiger partial charge >= 0.3 is 6.18 Å². The normalized spacial score (nSPS) is 14.5. The van der Waals surface area contributed by atoms with Gasteiger partial charge in [0.05, 0.1) is 11.9 Å². The summed E-state index contributed by atoms with van der Waals surface area (Å²) in [5, 5.41) is 12.4. The summed E-state index contributed by atoms with van der Waals surface area (Å²) in [6.45, 7) is 0.750. The zero-order valence-corrected chi connectivity index (χ0v) is 15.9. The average molecular weight is 418 g/mol. The quantitative estimate of drug-likeness (QED) is 0.596. The lowest BCUT2D eigenvalue weighted by Crippen LogP contribution is -2.16. The summed E-state index contributed by atoms with van der Waals surface area (Å²) in [5.74, 6) is -0.239. The van der Waals surface area contributed by atoms with E-state index < -0.39 is 17.6 Å². The Morgan fingerprint density at radius 2 is 2.03 bits per heavy atom. The maximum Gasteiger partial charge on any atom is 0.419 e. The number of alkyl halides is 3. The highest BCUT2D eigenvalue weighted by Crippen LogP contribution is 2.32. The smallest absolute Gasteiger partial charge is 0.368 e. The van der Waals surface area contributed by atoms with E-state index in [0.29, 0.717) is 35.0 Å². The summed E-state index contributed by atoms with van der Waals surface area (Å²) >= 11 is 0. The Morgan fingerprint density at radius 1 is 1.23 bits per heavy atom. The van der Waals surface area contributed by atoms with Crippen LogP contribution in [0, 0.1) is 23.1 Å². The van der Waals surface area contributed by atoms with Crippen LogP contribution in [-0.2, 0) is 12.7 Å². The second-order valence-corrected chi connectivity index (χ2v) is 7.38. The minimum atomic E-state index is -4.75. The number of hydrogen-bond donors (Lipinski definition) is 1. The van der Waals surface area contributed by atoms with Crippen LogP contribution in [0.5, 0.6) is 0 Å². The highest BCUT2D eigenvalue weighted by molar-refractivity contribution is 5.83. The number of fused-ring (bicyclic) bond motifs is 1. The Kier molecular flexibility index (Phi) is 5.28. The molecular formula is C20H18F4N6. The van der Waals surface area contributed by atoms with E-state index in [0.717, 1.165) is 18.6 Å². The van der Waals surface area contributed by atoms with E-state index in [-0.39, 0.29) is 12.4 Å². The van der Waals surface area contributed by atoms with Gasteiger partial charge in [-0.2, -0.15) is 28.4 Å². The molecule has 30 heavy (non-hydrogen) atoms. The molecule has 0 spiro atoms. The number of benzene rings is 1. The molecule has 1 fully saturated rings. The topological polar surface area (TPSA) is 79.4 Å². The fraction of sp³-hybridized carbons (Fsp3) is 0.400. The lowest BCUT2D eigenvalue weighted by atomic mass is 9.83. The van der Waals surface area contributed by atoms with Gasteiger partial charge in [-0.1, -0.05) is 25.3 Å². The summed E-state index contributed by atoms with van der Waals surface area (Å²) in [5.41, 5.74) is -0.158. The molecule has 1 aromatic carbocycles. The van der Waals surface area contributed by atoms with Gasteiger partial charge in [0.2, 0.25) is 5.82 Å². The van der Waals surface area contributed by atoms with Crippen molar-refractivity contribution in [1.29, 1.82) is 5.26 Å². The molecule has 0 saturated heterocycles. The fourth-order valence-electron chi connectivity index (χ4n) is 3.53. The third-order valence-corrected chi connectivity index (χ3v) is 5.33. The van der Waals surface area contributed by atoms with Crippen LogP contribution in [0.1, 0.15) is 42.6 Å². The molecule has 0 amide bonds. The van der Waals surface area contributed by atoms with Crippen molar-refractivity contribution in [3.05, 3.63) is 47.3 Å². The fourth-order valence-corrected chi connectivity index (χ4v) is 3.53. The first-order valence-corrected chi connectivity index (χ1v) is 9.57. The molecule has 1 saturated carbocycles. The number of nitrogens with zero attached hydrogens (tertiary/aromatic N) is 5. The first-order valence-electron chi connectivity index (χ1n) is 9.57. The maximum atomic E-state index is 13.9. The van der Waals surface area contributed by atoms with Crippen LogP contribution < -0.4 is 5.32 Å². The van der Waals surface area contributed by atoms with Crippen molar-refractivity contribution in [2.24, 2.45) is 5.92 Å². The molecule has 6 nitrogen and oxygen atoms in total. The first-order chi connectivity index (χ1) is 14.3. The molecule has 2 heterocycles. The molecule has 0 unspecified atom stereocenters. The number of aromatic nitrogens is 4. The molecule has 156 valence electrons. The van der Waals surface area contributed by atoms with Crippen molar-refractivity contribution < 1.29 is 17.6 Å².